The summed E-state index contributed by atoms with van der Waals surface area (Å²) in [5, 5.41) is 5.97. The molecule has 1 fully saturated rings. The summed E-state index contributed by atoms with van der Waals surface area (Å²) < 4.78 is 0. The van der Waals surface area contributed by atoms with Crippen LogP contribution in [-0.4, -0.2) is 22.0 Å². The summed E-state index contributed by atoms with van der Waals surface area (Å²) in [4.78, 5) is 19.8. The Morgan fingerprint density at radius 2 is 2.14 bits per heavy atom. The van der Waals surface area contributed by atoms with E-state index in [9.17, 15) is 4.79 Å². The molecule has 0 bridgehead atoms. The Labute approximate surface area is 130 Å². The first-order valence-electron chi connectivity index (χ1n) is 8.15. The summed E-state index contributed by atoms with van der Waals surface area (Å²) >= 11 is 0. The van der Waals surface area contributed by atoms with Gasteiger partial charge in [-0.3, -0.25) is 0 Å². The third-order valence-electron chi connectivity index (χ3n) is 4.25. The van der Waals surface area contributed by atoms with Gasteiger partial charge in [0.15, 0.2) is 0 Å². The molecule has 1 aromatic carbocycles. The molecule has 1 aliphatic rings. The number of hydrogen-bond donors (Lipinski definition) is 3. The highest BCUT2D eigenvalue weighted by atomic mass is 16.2. The standard InChI is InChI=1S/C17H24N4O/c1-11(2)16-20-14-8-7-12(9-15(14)21-16)10-18-17(22)19-13-5-3-4-6-13/h7-9,11,13H,3-6,10H2,1-2H3,(H,20,21)(H2,18,19,22). The van der Waals surface area contributed by atoms with Crippen LogP contribution in [0, 0.1) is 0 Å². The normalized spacial score (nSPS) is 15.6. The lowest BCUT2D eigenvalue weighted by Crippen LogP contribution is -2.40. The van der Waals surface area contributed by atoms with Gasteiger partial charge in [0.2, 0.25) is 0 Å². The summed E-state index contributed by atoms with van der Waals surface area (Å²) in [5.74, 6) is 1.38. The molecule has 1 heterocycles. The SMILES string of the molecule is CC(C)c1nc2ccc(CNC(=O)NC3CCCC3)cc2[nH]1. The molecule has 0 aliphatic heterocycles. The highest BCUT2D eigenvalue weighted by Gasteiger charge is 2.16. The van der Waals surface area contributed by atoms with Crippen LogP contribution in [0.4, 0.5) is 4.79 Å². The molecule has 5 heteroatoms. The van der Waals surface area contributed by atoms with Gasteiger partial charge in [0.05, 0.1) is 11.0 Å². The largest absolute Gasteiger partial charge is 0.342 e. The zero-order valence-corrected chi connectivity index (χ0v) is 13.3. The van der Waals surface area contributed by atoms with Gasteiger partial charge >= 0.3 is 6.03 Å². The fourth-order valence-electron chi connectivity index (χ4n) is 2.95. The lowest BCUT2D eigenvalue weighted by atomic mass is 10.2. The van der Waals surface area contributed by atoms with Crippen LogP contribution in [0.3, 0.4) is 0 Å². The van der Waals surface area contributed by atoms with Crippen LogP contribution in [0.25, 0.3) is 11.0 Å². The summed E-state index contributed by atoms with van der Waals surface area (Å²) in [6.07, 6.45) is 4.65. The van der Waals surface area contributed by atoms with Gasteiger partial charge in [-0.25, -0.2) is 9.78 Å². The summed E-state index contributed by atoms with van der Waals surface area (Å²) in [7, 11) is 0. The molecule has 1 saturated carbocycles. The molecule has 1 aromatic heterocycles. The van der Waals surface area contributed by atoms with Crippen LogP contribution >= 0.6 is 0 Å². The minimum Gasteiger partial charge on any atom is -0.342 e. The number of benzene rings is 1. The molecule has 2 amide bonds. The van der Waals surface area contributed by atoms with Crippen molar-refractivity contribution in [2.24, 2.45) is 0 Å². The number of nitrogens with zero attached hydrogens (tertiary/aromatic N) is 1. The molecule has 0 spiro atoms. The van der Waals surface area contributed by atoms with Gasteiger partial charge < -0.3 is 15.6 Å². The second-order valence-electron chi connectivity index (χ2n) is 6.44. The first-order chi connectivity index (χ1) is 10.6. The number of carbonyl (C=O) groups is 1. The number of urea groups is 1. The van der Waals surface area contributed by atoms with Crippen molar-refractivity contribution in [3.05, 3.63) is 29.6 Å². The summed E-state index contributed by atoms with van der Waals surface area (Å²) in [6.45, 7) is 4.77. The number of rotatable bonds is 4. The third-order valence-corrected chi connectivity index (χ3v) is 4.25. The number of imidazole rings is 1. The van der Waals surface area contributed by atoms with Gasteiger partial charge in [0.25, 0.3) is 0 Å². The maximum absolute atomic E-state index is 11.9. The van der Waals surface area contributed by atoms with E-state index in [1.807, 2.05) is 12.1 Å². The molecule has 0 atom stereocenters. The van der Waals surface area contributed by atoms with Gasteiger partial charge in [-0.05, 0) is 30.5 Å². The monoisotopic (exact) mass is 300 g/mol. The third kappa shape index (κ3) is 3.40. The summed E-state index contributed by atoms with van der Waals surface area (Å²) in [6, 6.07) is 6.36. The number of H-pyrrole nitrogens is 1. The van der Waals surface area contributed by atoms with Crippen LogP contribution < -0.4 is 10.6 Å². The van der Waals surface area contributed by atoms with E-state index in [1.54, 1.807) is 0 Å². The number of carbonyl (C=O) groups excluding carboxylic acids is 1. The summed E-state index contributed by atoms with van der Waals surface area (Å²) in [5.41, 5.74) is 3.08. The lowest BCUT2D eigenvalue weighted by molar-refractivity contribution is 0.236. The minimum atomic E-state index is -0.0699. The molecule has 3 rings (SSSR count). The van der Waals surface area contributed by atoms with Crippen molar-refractivity contribution in [2.45, 2.75) is 58.0 Å². The first-order valence-corrected chi connectivity index (χ1v) is 8.15. The maximum atomic E-state index is 11.9. The second kappa shape index (κ2) is 6.38. The molecular weight excluding hydrogens is 276 g/mol. The smallest absolute Gasteiger partial charge is 0.315 e. The quantitative estimate of drug-likeness (QED) is 0.809. The predicted molar refractivity (Wildman–Crippen MR) is 87.8 cm³/mol. The number of amides is 2. The lowest BCUT2D eigenvalue weighted by Gasteiger charge is -2.12. The van der Waals surface area contributed by atoms with Crippen LogP contribution in [0.15, 0.2) is 18.2 Å². The van der Waals surface area contributed by atoms with Crippen molar-refractivity contribution < 1.29 is 4.79 Å². The molecule has 0 unspecified atom stereocenters. The molecule has 5 nitrogen and oxygen atoms in total. The van der Waals surface area contributed by atoms with Crippen LogP contribution in [-0.2, 0) is 6.54 Å². The molecule has 118 valence electrons. The molecule has 22 heavy (non-hydrogen) atoms. The Morgan fingerprint density at radius 3 is 2.86 bits per heavy atom. The van der Waals surface area contributed by atoms with Crippen molar-refractivity contribution in [2.75, 3.05) is 0 Å². The van der Waals surface area contributed by atoms with Gasteiger partial charge in [-0.15, -0.1) is 0 Å². The van der Waals surface area contributed by atoms with Gasteiger partial charge in [-0.1, -0.05) is 32.8 Å². The predicted octanol–water partition coefficient (Wildman–Crippen LogP) is 3.43. The maximum Gasteiger partial charge on any atom is 0.315 e. The Balaban J connectivity index is 1.59. The second-order valence-corrected chi connectivity index (χ2v) is 6.44. The van der Waals surface area contributed by atoms with E-state index in [0.717, 1.165) is 35.3 Å². The van der Waals surface area contributed by atoms with E-state index < -0.39 is 0 Å². The zero-order valence-electron chi connectivity index (χ0n) is 13.3. The van der Waals surface area contributed by atoms with E-state index in [-0.39, 0.29) is 6.03 Å². The van der Waals surface area contributed by atoms with Gasteiger partial charge in [0.1, 0.15) is 5.82 Å². The van der Waals surface area contributed by atoms with Gasteiger partial charge in [-0.2, -0.15) is 0 Å². The number of aromatic amines is 1. The van der Waals surface area contributed by atoms with Crippen molar-refractivity contribution in [3.8, 4) is 0 Å². The van der Waals surface area contributed by atoms with Crippen molar-refractivity contribution >= 4 is 17.1 Å². The molecule has 2 aromatic rings. The van der Waals surface area contributed by atoms with E-state index in [2.05, 4.69) is 40.5 Å². The molecular formula is C17H24N4O. The molecule has 3 N–H and O–H groups in total. The Kier molecular flexibility index (Phi) is 4.32. The first kappa shape index (κ1) is 14.9. The van der Waals surface area contributed by atoms with Crippen molar-refractivity contribution in [1.29, 1.82) is 0 Å². The molecule has 0 saturated heterocycles. The van der Waals surface area contributed by atoms with E-state index in [0.29, 0.717) is 18.5 Å². The molecule has 0 radical (unpaired) electrons. The number of nitrogens with one attached hydrogen (secondary N) is 3. The fraction of sp³-hybridized carbons (Fsp3) is 0.529. The van der Waals surface area contributed by atoms with E-state index in [1.165, 1.54) is 12.8 Å². The Bertz CT molecular complexity index is 656. The minimum absolute atomic E-state index is 0.0699. The highest BCUT2D eigenvalue weighted by Crippen LogP contribution is 2.19. The number of fused-ring (bicyclic) bond motifs is 1. The Hall–Kier alpha value is -2.04. The number of aromatic nitrogens is 2. The topological polar surface area (TPSA) is 69.8 Å². The van der Waals surface area contributed by atoms with E-state index in [4.69, 9.17) is 0 Å². The highest BCUT2D eigenvalue weighted by molar-refractivity contribution is 5.77. The van der Waals surface area contributed by atoms with Gasteiger partial charge in [0, 0.05) is 18.5 Å². The Morgan fingerprint density at radius 1 is 1.36 bits per heavy atom. The average Bonchev–Trinajstić information content (AvgIpc) is 3.13. The molecule has 1 aliphatic carbocycles. The average molecular weight is 300 g/mol. The van der Waals surface area contributed by atoms with Crippen LogP contribution in [0.5, 0.6) is 0 Å². The number of hydrogen-bond acceptors (Lipinski definition) is 2. The fourth-order valence-corrected chi connectivity index (χ4v) is 2.95. The zero-order chi connectivity index (χ0) is 15.5. The van der Waals surface area contributed by atoms with Crippen molar-refractivity contribution in [3.63, 3.8) is 0 Å². The van der Waals surface area contributed by atoms with Crippen LogP contribution in [0.2, 0.25) is 0 Å². The van der Waals surface area contributed by atoms with Crippen LogP contribution in [0.1, 0.15) is 56.8 Å². The van der Waals surface area contributed by atoms with Crippen molar-refractivity contribution in [1.82, 2.24) is 20.6 Å². The van der Waals surface area contributed by atoms with E-state index >= 15 is 0 Å².